The van der Waals surface area contributed by atoms with Gasteiger partial charge in [0.1, 0.15) is 0 Å². The first-order valence-electron chi connectivity index (χ1n) is 7.73. The molecule has 4 heteroatoms. The van der Waals surface area contributed by atoms with Crippen molar-refractivity contribution in [2.75, 3.05) is 19.7 Å². The molecule has 0 aromatic heterocycles. The van der Waals surface area contributed by atoms with Gasteiger partial charge in [0.25, 0.3) is 0 Å². The molecule has 3 N–H and O–H groups in total. The van der Waals surface area contributed by atoms with Gasteiger partial charge < -0.3 is 15.8 Å². The first kappa shape index (κ1) is 14.8. The number of nitrogens with two attached hydrogens (primary N) is 1. The normalized spacial score (nSPS) is 30.8. The largest absolute Gasteiger partial charge is 0.373 e. The van der Waals surface area contributed by atoms with Gasteiger partial charge in [-0.1, -0.05) is 25.7 Å². The van der Waals surface area contributed by atoms with E-state index in [0.29, 0.717) is 13.1 Å². The fourth-order valence-electron chi connectivity index (χ4n) is 3.36. The minimum absolute atomic E-state index is 0.147. The number of nitrogens with one attached hydrogen (secondary N) is 1. The minimum Gasteiger partial charge on any atom is -0.373 e. The third kappa shape index (κ3) is 3.48. The molecule has 1 amide bonds. The highest BCUT2D eigenvalue weighted by molar-refractivity contribution is 5.83. The Morgan fingerprint density at radius 1 is 1.16 bits per heavy atom. The Kier molecular flexibility index (Phi) is 4.85. The van der Waals surface area contributed by atoms with Gasteiger partial charge in [0, 0.05) is 19.7 Å². The minimum atomic E-state index is -0.328. The number of carbonyl (C=O) groups excluding carboxylic acids is 1. The van der Waals surface area contributed by atoms with E-state index in [4.69, 9.17) is 10.5 Å². The second-order valence-corrected chi connectivity index (χ2v) is 6.48. The molecule has 0 radical (unpaired) electrons. The van der Waals surface area contributed by atoms with Crippen molar-refractivity contribution in [1.29, 1.82) is 0 Å². The maximum absolute atomic E-state index is 12.6. The first-order chi connectivity index (χ1) is 9.10. The summed E-state index contributed by atoms with van der Waals surface area (Å²) >= 11 is 0. The van der Waals surface area contributed by atoms with Crippen molar-refractivity contribution in [3.63, 3.8) is 0 Å². The Bertz CT molecular complexity index is 303. The highest BCUT2D eigenvalue weighted by atomic mass is 16.5. The summed E-state index contributed by atoms with van der Waals surface area (Å²) in [5.41, 5.74) is 5.43. The van der Waals surface area contributed by atoms with Gasteiger partial charge in [-0.15, -0.1) is 0 Å². The molecule has 1 unspecified atom stereocenters. The van der Waals surface area contributed by atoms with Crippen molar-refractivity contribution in [2.45, 2.75) is 63.9 Å². The van der Waals surface area contributed by atoms with Gasteiger partial charge in [0.05, 0.1) is 11.0 Å². The second kappa shape index (κ2) is 6.23. The molecule has 2 aliphatic rings. The van der Waals surface area contributed by atoms with Crippen molar-refractivity contribution >= 4 is 5.91 Å². The summed E-state index contributed by atoms with van der Waals surface area (Å²) in [5.74, 6) is 0.147. The quantitative estimate of drug-likeness (QED) is 0.766. The molecule has 19 heavy (non-hydrogen) atoms. The monoisotopic (exact) mass is 268 g/mol. The zero-order valence-corrected chi connectivity index (χ0v) is 12.2. The lowest BCUT2D eigenvalue weighted by atomic mass is 9.79. The molecule has 2 rings (SSSR count). The Labute approximate surface area is 116 Å². The predicted octanol–water partition coefficient (Wildman–Crippen LogP) is 1.97. The molecular formula is C15H28N2O2. The van der Waals surface area contributed by atoms with Crippen LogP contribution < -0.4 is 11.1 Å². The fraction of sp³-hybridized carbons (Fsp3) is 0.933. The number of carbonyl (C=O) groups is 1. The molecule has 0 aromatic rings. The lowest BCUT2D eigenvalue weighted by Crippen LogP contribution is -2.49. The van der Waals surface area contributed by atoms with Crippen LogP contribution >= 0.6 is 0 Å². The van der Waals surface area contributed by atoms with Gasteiger partial charge in [-0.2, -0.15) is 0 Å². The molecule has 1 saturated heterocycles. The SMILES string of the molecule is CC1(CNC(=O)C2(CN)CCCCCC2)CCCO1. The molecule has 0 aromatic carbocycles. The zero-order chi connectivity index (χ0) is 13.8. The predicted molar refractivity (Wildman–Crippen MR) is 75.8 cm³/mol. The van der Waals surface area contributed by atoms with Crippen LogP contribution in [0.5, 0.6) is 0 Å². The summed E-state index contributed by atoms with van der Waals surface area (Å²) in [7, 11) is 0. The molecule has 1 atom stereocenters. The van der Waals surface area contributed by atoms with E-state index in [1.54, 1.807) is 0 Å². The standard InChI is InChI=1S/C15H28N2O2/c1-14(7-6-10-19-14)12-17-13(18)15(11-16)8-4-2-3-5-9-15/h2-12,16H2,1H3,(H,17,18). The number of ether oxygens (including phenoxy) is 1. The van der Waals surface area contributed by atoms with Crippen molar-refractivity contribution in [3.05, 3.63) is 0 Å². The zero-order valence-electron chi connectivity index (χ0n) is 12.2. The maximum atomic E-state index is 12.6. The van der Waals surface area contributed by atoms with Gasteiger partial charge in [0.15, 0.2) is 0 Å². The lowest BCUT2D eigenvalue weighted by Gasteiger charge is -2.32. The van der Waals surface area contributed by atoms with E-state index in [1.165, 1.54) is 12.8 Å². The number of amides is 1. The maximum Gasteiger partial charge on any atom is 0.227 e. The fourth-order valence-corrected chi connectivity index (χ4v) is 3.36. The smallest absolute Gasteiger partial charge is 0.227 e. The first-order valence-corrected chi connectivity index (χ1v) is 7.73. The summed E-state index contributed by atoms with van der Waals surface area (Å²) in [6, 6.07) is 0. The Hall–Kier alpha value is -0.610. The van der Waals surface area contributed by atoms with E-state index in [2.05, 4.69) is 12.2 Å². The number of hydrogen-bond acceptors (Lipinski definition) is 3. The van der Waals surface area contributed by atoms with Crippen LogP contribution in [0.15, 0.2) is 0 Å². The molecule has 0 spiro atoms. The van der Waals surface area contributed by atoms with Crippen LogP contribution in [0.4, 0.5) is 0 Å². The summed E-state index contributed by atoms with van der Waals surface area (Å²) in [6.45, 7) is 3.99. The molecular weight excluding hydrogens is 240 g/mol. The van der Waals surface area contributed by atoms with Gasteiger partial charge in [-0.25, -0.2) is 0 Å². The molecule has 1 aliphatic heterocycles. The average Bonchev–Trinajstić information content (AvgIpc) is 2.71. The highest BCUT2D eigenvalue weighted by Gasteiger charge is 2.38. The topological polar surface area (TPSA) is 64.4 Å². The highest BCUT2D eigenvalue weighted by Crippen LogP contribution is 2.34. The van der Waals surface area contributed by atoms with Crippen LogP contribution in [0.3, 0.4) is 0 Å². The molecule has 4 nitrogen and oxygen atoms in total. The van der Waals surface area contributed by atoms with Crippen LogP contribution in [-0.2, 0) is 9.53 Å². The summed E-state index contributed by atoms with van der Waals surface area (Å²) < 4.78 is 5.72. The second-order valence-electron chi connectivity index (χ2n) is 6.48. The van der Waals surface area contributed by atoms with Crippen LogP contribution in [0.1, 0.15) is 58.3 Å². The van der Waals surface area contributed by atoms with E-state index in [-0.39, 0.29) is 16.9 Å². The van der Waals surface area contributed by atoms with E-state index >= 15 is 0 Å². The summed E-state index contributed by atoms with van der Waals surface area (Å²) in [4.78, 5) is 12.6. The summed E-state index contributed by atoms with van der Waals surface area (Å²) in [5, 5.41) is 3.11. The Morgan fingerprint density at radius 2 is 1.84 bits per heavy atom. The van der Waals surface area contributed by atoms with Gasteiger partial charge in [-0.3, -0.25) is 4.79 Å². The van der Waals surface area contributed by atoms with Crippen LogP contribution in [-0.4, -0.2) is 31.2 Å². The van der Waals surface area contributed by atoms with Gasteiger partial charge >= 0.3 is 0 Å². The number of hydrogen-bond donors (Lipinski definition) is 2. The third-order valence-corrected chi connectivity index (χ3v) is 4.86. The molecule has 2 fully saturated rings. The molecule has 1 saturated carbocycles. The lowest BCUT2D eigenvalue weighted by molar-refractivity contribution is -0.132. The van der Waals surface area contributed by atoms with E-state index in [0.717, 1.165) is 45.1 Å². The third-order valence-electron chi connectivity index (χ3n) is 4.86. The Balaban J connectivity index is 1.92. The van der Waals surface area contributed by atoms with Gasteiger partial charge in [-0.05, 0) is 32.6 Å². The van der Waals surface area contributed by atoms with E-state index in [9.17, 15) is 4.79 Å². The molecule has 1 aliphatic carbocycles. The van der Waals surface area contributed by atoms with Crippen molar-refractivity contribution in [1.82, 2.24) is 5.32 Å². The molecule has 1 heterocycles. The van der Waals surface area contributed by atoms with E-state index in [1.807, 2.05) is 0 Å². The van der Waals surface area contributed by atoms with Crippen LogP contribution in [0.2, 0.25) is 0 Å². The van der Waals surface area contributed by atoms with Crippen molar-refractivity contribution < 1.29 is 9.53 Å². The van der Waals surface area contributed by atoms with Gasteiger partial charge in [0.2, 0.25) is 5.91 Å². The number of rotatable bonds is 4. The van der Waals surface area contributed by atoms with Crippen LogP contribution in [0.25, 0.3) is 0 Å². The van der Waals surface area contributed by atoms with Crippen LogP contribution in [0, 0.1) is 5.41 Å². The van der Waals surface area contributed by atoms with Crippen molar-refractivity contribution in [2.24, 2.45) is 11.1 Å². The summed E-state index contributed by atoms with van der Waals surface area (Å²) in [6.07, 6.45) is 8.71. The molecule has 0 bridgehead atoms. The molecule has 110 valence electrons. The Morgan fingerprint density at radius 3 is 2.37 bits per heavy atom. The van der Waals surface area contributed by atoms with Crippen molar-refractivity contribution in [3.8, 4) is 0 Å². The van der Waals surface area contributed by atoms with E-state index < -0.39 is 0 Å². The average molecular weight is 268 g/mol.